The first-order chi connectivity index (χ1) is 17.3. The molecule has 0 saturated heterocycles. The lowest BCUT2D eigenvalue weighted by molar-refractivity contribution is -0.120. The smallest absolute Gasteiger partial charge is 0.244 e. The van der Waals surface area contributed by atoms with Gasteiger partial charge in [0.25, 0.3) is 0 Å². The summed E-state index contributed by atoms with van der Waals surface area (Å²) < 4.78 is 5.23. The largest absolute Gasteiger partial charge is 0.376 e. The van der Waals surface area contributed by atoms with E-state index in [1.54, 1.807) is 24.0 Å². The highest BCUT2D eigenvalue weighted by Gasteiger charge is 2.20. The van der Waals surface area contributed by atoms with E-state index < -0.39 is 12.6 Å². The van der Waals surface area contributed by atoms with Gasteiger partial charge >= 0.3 is 0 Å². The van der Waals surface area contributed by atoms with Gasteiger partial charge in [-0.25, -0.2) is 0 Å². The average Bonchev–Trinajstić information content (AvgIpc) is 2.89. The van der Waals surface area contributed by atoms with E-state index in [2.05, 4.69) is 44.1 Å². The second-order valence-electron chi connectivity index (χ2n) is 7.07. The average molecular weight is 506 g/mol. The summed E-state index contributed by atoms with van der Waals surface area (Å²) in [5, 5.41) is 18.0. The molecule has 4 N–H and O–H groups in total. The van der Waals surface area contributed by atoms with Crippen LogP contribution in [-0.2, 0) is 19.1 Å². The van der Waals surface area contributed by atoms with Gasteiger partial charge in [0.1, 0.15) is 13.5 Å². The molecule has 0 atom stereocenters. The molecule has 0 aliphatic rings. The number of carbonyl (C=O) groups is 3. The number of amides is 3. The quantitative estimate of drug-likeness (QED) is 0.122. The fourth-order valence-corrected chi connectivity index (χ4v) is 2.58. The lowest BCUT2D eigenvalue weighted by Crippen LogP contribution is -2.42. The van der Waals surface area contributed by atoms with E-state index in [-0.39, 0.29) is 62.8 Å². The van der Waals surface area contributed by atoms with Crippen molar-refractivity contribution in [1.82, 2.24) is 30.9 Å². The van der Waals surface area contributed by atoms with Crippen LogP contribution in [0.2, 0.25) is 0 Å². The Morgan fingerprint density at radius 3 is 1.89 bits per heavy atom. The van der Waals surface area contributed by atoms with Crippen LogP contribution in [-0.4, -0.2) is 84.9 Å². The molecule has 1 aromatic heterocycles. The normalized spacial score (nSPS) is 10.4. The number of hydrogen-bond donors (Lipinski definition) is 4. The number of allylic oxidation sites excluding steroid dienone is 1. The Bertz CT molecular complexity index is 925. The molecule has 3 amide bonds. The molecular weight excluding hydrogens is 470 g/mol. The number of ether oxygens (including phenoxy) is 1. The molecule has 0 saturated carbocycles. The molecule has 1 aromatic rings. The predicted molar refractivity (Wildman–Crippen MR) is 136 cm³/mol. The van der Waals surface area contributed by atoms with E-state index in [0.29, 0.717) is 6.54 Å². The number of aliphatic hydroxyl groups is 1. The standard InChI is InChI=1S/C22H35N9O5/c1-6-10-11-19(35)25-13-30(15-32)21-26-20(29(9-4)12-23-17(33)7-2)27-22(28-21)31(16-36-5)14-24-18(34)8-3/h6-8,10,32H,2-3,9,11-16H2,1,4-5H3,(H,23,33)(H,24,34)(H,25,35)/b10-6+. The zero-order chi connectivity index (χ0) is 26.9. The third-order valence-electron chi connectivity index (χ3n) is 4.55. The number of rotatable bonds is 17. The van der Waals surface area contributed by atoms with Gasteiger partial charge < -0.3 is 30.7 Å². The Morgan fingerprint density at radius 2 is 1.42 bits per heavy atom. The summed E-state index contributed by atoms with van der Waals surface area (Å²) in [5.74, 6) is -0.694. The molecule has 14 heteroatoms. The summed E-state index contributed by atoms with van der Waals surface area (Å²) >= 11 is 0. The molecule has 0 aromatic carbocycles. The Kier molecular flexibility index (Phi) is 13.8. The van der Waals surface area contributed by atoms with Gasteiger partial charge in [-0.3, -0.25) is 24.2 Å². The lowest BCUT2D eigenvalue weighted by Gasteiger charge is -2.27. The zero-order valence-electron chi connectivity index (χ0n) is 20.9. The van der Waals surface area contributed by atoms with Crippen LogP contribution in [0.3, 0.4) is 0 Å². The molecular formula is C22H35N9O5. The fourth-order valence-electron chi connectivity index (χ4n) is 2.58. The topological polar surface area (TPSA) is 165 Å². The predicted octanol–water partition coefficient (Wildman–Crippen LogP) is -0.576. The number of nitrogens with one attached hydrogen (secondary N) is 3. The summed E-state index contributed by atoms with van der Waals surface area (Å²) in [6.07, 6.45) is 5.91. The number of nitrogens with zero attached hydrogens (tertiary/aromatic N) is 6. The lowest BCUT2D eigenvalue weighted by atomic mass is 10.4. The number of anilines is 3. The fraction of sp³-hybridized carbons (Fsp3) is 0.455. The first-order valence-corrected chi connectivity index (χ1v) is 11.1. The molecule has 0 bridgehead atoms. The summed E-state index contributed by atoms with van der Waals surface area (Å²) in [5.41, 5.74) is 0. The van der Waals surface area contributed by atoms with E-state index in [9.17, 15) is 19.5 Å². The second-order valence-corrected chi connectivity index (χ2v) is 7.07. The Morgan fingerprint density at radius 1 is 0.917 bits per heavy atom. The van der Waals surface area contributed by atoms with Gasteiger partial charge in [0, 0.05) is 20.1 Å². The van der Waals surface area contributed by atoms with Crippen molar-refractivity contribution in [3.05, 3.63) is 37.5 Å². The molecule has 198 valence electrons. The number of hydrogen-bond acceptors (Lipinski definition) is 11. The van der Waals surface area contributed by atoms with Gasteiger partial charge in [-0.1, -0.05) is 25.3 Å². The molecule has 1 rings (SSSR count). The first kappa shape index (κ1) is 30.0. The molecule has 0 aliphatic carbocycles. The van der Waals surface area contributed by atoms with E-state index in [0.717, 1.165) is 12.2 Å². The second kappa shape index (κ2) is 16.6. The van der Waals surface area contributed by atoms with Crippen molar-refractivity contribution in [2.24, 2.45) is 0 Å². The molecule has 36 heavy (non-hydrogen) atoms. The monoisotopic (exact) mass is 505 g/mol. The number of aliphatic hydroxyl groups excluding tert-OH is 1. The SMILES string of the molecule is C=CC(=O)NCN(CC)c1nc(N(CO)CNC(=O)C/C=C/C)nc(N(CNC(=O)C=C)COC)n1. The maximum absolute atomic E-state index is 12.0. The van der Waals surface area contributed by atoms with Gasteiger partial charge in [0.05, 0.1) is 20.0 Å². The summed E-state index contributed by atoms with van der Waals surface area (Å²) in [7, 11) is 1.47. The third kappa shape index (κ3) is 10.1. The van der Waals surface area contributed by atoms with Crippen molar-refractivity contribution in [3.63, 3.8) is 0 Å². The van der Waals surface area contributed by atoms with Crippen LogP contribution in [0.5, 0.6) is 0 Å². The van der Waals surface area contributed by atoms with Crippen LogP contribution in [0.25, 0.3) is 0 Å². The third-order valence-corrected chi connectivity index (χ3v) is 4.55. The molecule has 0 aliphatic heterocycles. The molecule has 0 radical (unpaired) electrons. The van der Waals surface area contributed by atoms with E-state index in [4.69, 9.17) is 4.74 Å². The molecule has 14 nitrogen and oxygen atoms in total. The first-order valence-electron chi connectivity index (χ1n) is 11.1. The molecule has 1 heterocycles. The zero-order valence-corrected chi connectivity index (χ0v) is 20.9. The highest BCUT2D eigenvalue weighted by molar-refractivity contribution is 5.87. The Hall–Kier alpha value is -4.04. The highest BCUT2D eigenvalue weighted by Crippen LogP contribution is 2.18. The van der Waals surface area contributed by atoms with E-state index >= 15 is 0 Å². The number of methoxy groups -OCH3 is 1. The van der Waals surface area contributed by atoms with E-state index in [1.807, 2.05) is 6.92 Å². The summed E-state index contributed by atoms with van der Waals surface area (Å²) in [4.78, 5) is 53.2. The van der Waals surface area contributed by atoms with Gasteiger partial charge in [-0.15, -0.1) is 0 Å². The van der Waals surface area contributed by atoms with Gasteiger partial charge in [0.15, 0.2) is 0 Å². The van der Waals surface area contributed by atoms with E-state index in [1.165, 1.54) is 16.9 Å². The van der Waals surface area contributed by atoms with Crippen LogP contribution in [0.15, 0.2) is 37.5 Å². The van der Waals surface area contributed by atoms with Gasteiger partial charge in [-0.05, 0) is 26.0 Å². The minimum absolute atomic E-state index is 0.0128. The Labute approximate surface area is 210 Å². The van der Waals surface area contributed by atoms with Crippen LogP contribution in [0, 0.1) is 0 Å². The summed E-state index contributed by atoms with van der Waals surface area (Å²) in [6, 6.07) is 0. The van der Waals surface area contributed by atoms with Crippen molar-refractivity contribution >= 4 is 35.6 Å². The number of aromatic nitrogens is 3. The maximum atomic E-state index is 12.0. The van der Waals surface area contributed by atoms with Gasteiger partial charge in [0.2, 0.25) is 35.6 Å². The number of carbonyl (C=O) groups excluding carboxylic acids is 3. The van der Waals surface area contributed by atoms with Crippen molar-refractivity contribution in [1.29, 1.82) is 0 Å². The molecule has 0 fully saturated rings. The molecule has 0 spiro atoms. The van der Waals surface area contributed by atoms with Crippen molar-refractivity contribution in [2.45, 2.75) is 20.3 Å². The molecule has 0 unspecified atom stereocenters. The van der Waals surface area contributed by atoms with Crippen molar-refractivity contribution < 1.29 is 24.2 Å². The Balaban J connectivity index is 3.38. The highest BCUT2D eigenvalue weighted by atomic mass is 16.5. The summed E-state index contributed by atoms with van der Waals surface area (Å²) in [6.45, 7) is 10.4. The van der Waals surface area contributed by atoms with Crippen LogP contribution in [0.1, 0.15) is 20.3 Å². The van der Waals surface area contributed by atoms with Crippen molar-refractivity contribution in [2.75, 3.05) is 61.8 Å². The van der Waals surface area contributed by atoms with Crippen LogP contribution < -0.4 is 30.7 Å². The van der Waals surface area contributed by atoms with Crippen LogP contribution >= 0.6 is 0 Å². The van der Waals surface area contributed by atoms with Crippen LogP contribution in [0.4, 0.5) is 17.8 Å². The van der Waals surface area contributed by atoms with Gasteiger partial charge in [-0.2, -0.15) is 15.0 Å². The van der Waals surface area contributed by atoms with Crippen molar-refractivity contribution in [3.8, 4) is 0 Å². The minimum atomic E-state index is -0.510. The maximum Gasteiger partial charge on any atom is 0.244 e. The minimum Gasteiger partial charge on any atom is -0.376 e.